The zero-order valence-corrected chi connectivity index (χ0v) is 12.6. The fourth-order valence-electron chi connectivity index (χ4n) is 2.04. The molecule has 1 aromatic heterocycles. The van der Waals surface area contributed by atoms with E-state index in [4.69, 9.17) is 38.1 Å². The molecule has 0 aliphatic heterocycles. The summed E-state index contributed by atoms with van der Waals surface area (Å²) in [4.78, 5) is 0. The highest BCUT2D eigenvalue weighted by Gasteiger charge is 2.13. The van der Waals surface area contributed by atoms with Gasteiger partial charge in [0.05, 0.1) is 6.04 Å². The van der Waals surface area contributed by atoms with E-state index in [0.29, 0.717) is 28.2 Å². The van der Waals surface area contributed by atoms with Crippen LogP contribution < -0.4 is 10.5 Å². The quantitative estimate of drug-likeness (QED) is 0.749. The van der Waals surface area contributed by atoms with E-state index >= 15 is 0 Å². The van der Waals surface area contributed by atoms with E-state index < -0.39 is 0 Å². The van der Waals surface area contributed by atoms with Gasteiger partial charge in [-0.15, -0.1) is 0 Å². The summed E-state index contributed by atoms with van der Waals surface area (Å²) >= 11 is 11.9. The Hall–Kier alpha value is -1.68. The van der Waals surface area contributed by atoms with E-state index in [0.717, 1.165) is 11.0 Å². The summed E-state index contributed by atoms with van der Waals surface area (Å²) < 4.78 is 11.3. The van der Waals surface area contributed by atoms with Crippen molar-refractivity contribution >= 4 is 34.2 Å². The fourth-order valence-corrected chi connectivity index (χ4v) is 2.40. The first-order valence-corrected chi connectivity index (χ1v) is 7.20. The van der Waals surface area contributed by atoms with Crippen molar-refractivity contribution in [3.63, 3.8) is 0 Å². The lowest BCUT2D eigenvalue weighted by Gasteiger charge is -2.11. The highest BCUT2D eigenvalue weighted by Crippen LogP contribution is 2.26. The maximum atomic E-state index is 6.10. The van der Waals surface area contributed by atoms with Crippen LogP contribution in [0.15, 0.2) is 52.9 Å². The largest absolute Gasteiger partial charge is 0.491 e. The van der Waals surface area contributed by atoms with Crippen molar-refractivity contribution < 1.29 is 9.15 Å². The summed E-state index contributed by atoms with van der Waals surface area (Å²) in [5.74, 6) is 1.34. The van der Waals surface area contributed by atoms with Crippen LogP contribution in [0.5, 0.6) is 5.75 Å². The minimum Gasteiger partial charge on any atom is -0.491 e. The van der Waals surface area contributed by atoms with Crippen LogP contribution in [0.3, 0.4) is 0 Å². The van der Waals surface area contributed by atoms with E-state index in [1.807, 2.05) is 30.3 Å². The zero-order valence-electron chi connectivity index (χ0n) is 11.1. The predicted molar refractivity (Wildman–Crippen MR) is 85.1 cm³/mol. The average Bonchev–Trinajstić information content (AvgIpc) is 2.88. The molecule has 0 radical (unpaired) electrons. The minimum absolute atomic E-state index is 0.300. The third-order valence-electron chi connectivity index (χ3n) is 3.09. The van der Waals surface area contributed by atoms with Crippen molar-refractivity contribution in [1.82, 2.24) is 0 Å². The topological polar surface area (TPSA) is 48.4 Å². The second-order valence-corrected chi connectivity index (χ2v) is 5.58. The van der Waals surface area contributed by atoms with Crippen molar-refractivity contribution in [2.75, 3.05) is 6.61 Å². The smallest absolute Gasteiger partial charge is 0.134 e. The Labute approximate surface area is 132 Å². The molecule has 2 N–H and O–H groups in total. The molecule has 1 unspecified atom stereocenters. The first-order chi connectivity index (χ1) is 10.1. The number of fused-ring (bicyclic) bond motifs is 1. The number of rotatable bonds is 4. The number of hydrogen-bond acceptors (Lipinski definition) is 3. The number of ether oxygens (including phenoxy) is 1. The monoisotopic (exact) mass is 321 g/mol. The molecule has 1 heterocycles. The molecule has 0 saturated carbocycles. The molecule has 2 aromatic carbocycles. The molecule has 3 aromatic rings. The Balaban J connectivity index is 1.73. The van der Waals surface area contributed by atoms with Gasteiger partial charge in [0.1, 0.15) is 23.7 Å². The van der Waals surface area contributed by atoms with Gasteiger partial charge >= 0.3 is 0 Å². The Morgan fingerprint density at radius 3 is 2.67 bits per heavy atom. The van der Waals surface area contributed by atoms with Crippen molar-refractivity contribution in [2.24, 2.45) is 5.73 Å². The number of nitrogens with two attached hydrogens (primary N) is 1. The molecular weight excluding hydrogens is 309 g/mol. The Kier molecular flexibility index (Phi) is 4.06. The molecule has 0 spiro atoms. The van der Waals surface area contributed by atoms with Crippen molar-refractivity contribution in [1.29, 1.82) is 0 Å². The summed E-state index contributed by atoms with van der Waals surface area (Å²) in [6.45, 7) is 0.300. The van der Waals surface area contributed by atoms with Crippen LogP contribution in [0, 0.1) is 0 Å². The minimum atomic E-state index is -0.366. The molecule has 0 amide bonds. The van der Waals surface area contributed by atoms with Gasteiger partial charge in [-0.1, -0.05) is 29.3 Å². The van der Waals surface area contributed by atoms with Gasteiger partial charge < -0.3 is 14.9 Å². The van der Waals surface area contributed by atoms with E-state index in [2.05, 4.69) is 0 Å². The van der Waals surface area contributed by atoms with Gasteiger partial charge in [0.2, 0.25) is 0 Å². The average molecular weight is 322 g/mol. The molecule has 0 aliphatic carbocycles. The number of furan rings is 1. The molecule has 3 rings (SSSR count). The van der Waals surface area contributed by atoms with E-state index in [-0.39, 0.29) is 6.04 Å². The summed E-state index contributed by atoms with van der Waals surface area (Å²) in [7, 11) is 0. The van der Waals surface area contributed by atoms with E-state index in [9.17, 15) is 0 Å². The first kappa shape index (κ1) is 14.3. The lowest BCUT2D eigenvalue weighted by molar-refractivity contribution is 0.275. The SMILES string of the molecule is NC(COc1cccc(Cl)c1)c1cc2cc(Cl)ccc2o1. The van der Waals surface area contributed by atoms with Crippen LogP contribution >= 0.6 is 23.2 Å². The number of hydrogen-bond donors (Lipinski definition) is 1. The molecule has 0 fully saturated rings. The third-order valence-corrected chi connectivity index (χ3v) is 3.56. The third kappa shape index (κ3) is 3.32. The van der Waals surface area contributed by atoms with Gasteiger partial charge in [-0.3, -0.25) is 0 Å². The normalized spacial score (nSPS) is 12.5. The Morgan fingerprint density at radius 1 is 1.05 bits per heavy atom. The number of benzene rings is 2. The van der Waals surface area contributed by atoms with Crippen molar-refractivity contribution in [3.8, 4) is 5.75 Å². The summed E-state index contributed by atoms with van der Waals surface area (Å²) in [5, 5.41) is 2.22. The lowest BCUT2D eigenvalue weighted by atomic mass is 10.2. The van der Waals surface area contributed by atoms with Crippen LogP contribution in [-0.2, 0) is 0 Å². The fraction of sp³-hybridized carbons (Fsp3) is 0.125. The van der Waals surface area contributed by atoms with E-state index in [1.54, 1.807) is 18.2 Å². The Bertz CT molecular complexity index is 770. The highest BCUT2D eigenvalue weighted by molar-refractivity contribution is 6.31. The van der Waals surface area contributed by atoms with Crippen LogP contribution in [0.2, 0.25) is 10.0 Å². The van der Waals surface area contributed by atoms with Gasteiger partial charge in [-0.05, 0) is 42.5 Å². The van der Waals surface area contributed by atoms with Crippen LogP contribution in [0.4, 0.5) is 0 Å². The van der Waals surface area contributed by atoms with E-state index in [1.165, 1.54) is 0 Å². The molecular formula is C16H13Cl2NO2. The molecule has 0 saturated heterocycles. The van der Waals surface area contributed by atoms with Crippen LogP contribution in [0.1, 0.15) is 11.8 Å². The molecule has 3 nitrogen and oxygen atoms in total. The molecule has 1 atom stereocenters. The maximum Gasteiger partial charge on any atom is 0.134 e. The van der Waals surface area contributed by atoms with Crippen molar-refractivity contribution in [3.05, 3.63) is 64.3 Å². The van der Waals surface area contributed by atoms with Gasteiger partial charge in [0.15, 0.2) is 0 Å². The standard InChI is InChI=1S/C16H13Cl2NO2/c17-11-2-1-3-13(8-11)20-9-14(19)16-7-10-6-12(18)4-5-15(10)21-16/h1-8,14H,9,19H2. The van der Waals surface area contributed by atoms with Gasteiger partial charge in [0, 0.05) is 15.4 Å². The number of halogens is 2. The zero-order chi connectivity index (χ0) is 14.8. The molecule has 5 heteroatoms. The molecule has 0 aliphatic rings. The van der Waals surface area contributed by atoms with Gasteiger partial charge in [-0.25, -0.2) is 0 Å². The molecule has 0 bridgehead atoms. The van der Waals surface area contributed by atoms with Gasteiger partial charge in [-0.2, -0.15) is 0 Å². The summed E-state index contributed by atoms with van der Waals surface area (Å²) in [6.07, 6.45) is 0. The predicted octanol–water partition coefficient (Wildman–Crippen LogP) is 4.82. The van der Waals surface area contributed by atoms with Crippen LogP contribution in [-0.4, -0.2) is 6.61 Å². The molecule has 21 heavy (non-hydrogen) atoms. The van der Waals surface area contributed by atoms with Gasteiger partial charge in [0.25, 0.3) is 0 Å². The second kappa shape index (κ2) is 5.98. The summed E-state index contributed by atoms with van der Waals surface area (Å²) in [6, 6.07) is 14.2. The maximum absolute atomic E-state index is 6.10. The molecule has 108 valence electrons. The van der Waals surface area contributed by atoms with Crippen molar-refractivity contribution in [2.45, 2.75) is 6.04 Å². The Morgan fingerprint density at radius 2 is 1.86 bits per heavy atom. The first-order valence-electron chi connectivity index (χ1n) is 6.45. The highest BCUT2D eigenvalue weighted by atomic mass is 35.5. The van der Waals surface area contributed by atoms with Crippen LogP contribution in [0.25, 0.3) is 11.0 Å². The summed E-state index contributed by atoms with van der Waals surface area (Å²) in [5.41, 5.74) is 6.86. The second-order valence-electron chi connectivity index (χ2n) is 4.71. The lowest BCUT2D eigenvalue weighted by Crippen LogP contribution is -2.18.